The van der Waals surface area contributed by atoms with E-state index in [4.69, 9.17) is 5.73 Å². The Kier molecular flexibility index (Phi) is 2.34. The van der Waals surface area contributed by atoms with E-state index in [1.807, 2.05) is 0 Å². The van der Waals surface area contributed by atoms with E-state index >= 15 is 0 Å². The van der Waals surface area contributed by atoms with Gasteiger partial charge in [0.1, 0.15) is 22.7 Å². The van der Waals surface area contributed by atoms with Gasteiger partial charge in [-0.25, -0.2) is 18.7 Å². The van der Waals surface area contributed by atoms with Gasteiger partial charge in [-0.15, -0.1) is 21.5 Å². The van der Waals surface area contributed by atoms with Crippen molar-refractivity contribution in [1.82, 2.24) is 20.2 Å². The SMILES string of the molecule is Cc1c(C(F)F)nnc2sc3c(N)ncnc3c12. The van der Waals surface area contributed by atoms with Crippen LogP contribution in [0.5, 0.6) is 0 Å². The molecule has 0 bridgehead atoms. The molecule has 3 rings (SSSR count). The van der Waals surface area contributed by atoms with E-state index in [1.54, 1.807) is 6.92 Å². The molecule has 0 amide bonds. The number of halogens is 2. The molecule has 2 N–H and O–H groups in total. The van der Waals surface area contributed by atoms with Crippen LogP contribution in [0.25, 0.3) is 20.4 Å². The first-order valence-electron chi connectivity index (χ1n) is 5.03. The van der Waals surface area contributed by atoms with Crippen molar-refractivity contribution in [2.75, 3.05) is 5.73 Å². The number of aryl methyl sites for hydroxylation is 1. The first-order chi connectivity index (χ1) is 8.59. The number of nitrogen functional groups attached to an aromatic ring is 1. The van der Waals surface area contributed by atoms with E-state index in [0.717, 1.165) is 0 Å². The third-order valence-electron chi connectivity index (χ3n) is 2.70. The van der Waals surface area contributed by atoms with E-state index < -0.39 is 6.43 Å². The molecule has 0 fully saturated rings. The van der Waals surface area contributed by atoms with Crippen molar-refractivity contribution >= 4 is 37.6 Å². The van der Waals surface area contributed by atoms with Crippen LogP contribution in [-0.4, -0.2) is 20.2 Å². The van der Waals surface area contributed by atoms with Gasteiger partial charge in [0.05, 0.1) is 10.2 Å². The molecule has 3 aromatic rings. The van der Waals surface area contributed by atoms with Crippen molar-refractivity contribution in [3.63, 3.8) is 0 Å². The number of nitrogens with two attached hydrogens (primary N) is 1. The monoisotopic (exact) mass is 267 g/mol. The Hall–Kier alpha value is -1.96. The fraction of sp³-hybridized carbons (Fsp3) is 0.200. The summed E-state index contributed by atoms with van der Waals surface area (Å²) in [6, 6.07) is 0. The van der Waals surface area contributed by atoms with Crippen LogP contribution in [0, 0.1) is 6.92 Å². The summed E-state index contributed by atoms with van der Waals surface area (Å²) in [5.74, 6) is 0.320. The Balaban J connectivity index is 2.50. The molecule has 0 aliphatic heterocycles. The maximum absolute atomic E-state index is 12.8. The van der Waals surface area contributed by atoms with Crippen LogP contribution >= 0.6 is 11.3 Å². The molecular formula is C10H7F2N5S. The van der Waals surface area contributed by atoms with Gasteiger partial charge in [0.25, 0.3) is 6.43 Å². The van der Waals surface area contributed by atoms with Crippen molar-refractivity contribution in [2.24, 2.45) is 0 Å². The average molecular weight is 267 g/mol. The lowest BCUT2D eigenvalue weighted by molar-refractivity contribution is 0.144. The van der Waals surface area contributed by atoms with Crippen LogP contribution in [0.1, 0.15) is 17.7 Å². The van der Waals surface area contributed by atoms with E-state index in [9.17, 15) is 8.78 Å². The lowest BCUT2D eigenvalue weighted by Gasteiger charge is -2.03. The predicted octanol–water partition coefficient (Wildman–Crippen LogP) is 2.46. The second kappa shape index (κ2) is 3.77. The number of aromatic nitrogens is 4. The Morgan fingerprint density at radius 2 is 2.06 bits per heavy atom. The number of anilines is 1. The van der Waals surface area contributed by atoms with Gasteiger partial charge >= 0.3 is 0 Å². The molecule has 3 aromatic heterocycles. The Labute approximate surface area is 104 Å². The predicted molar refractivity (Wildman–Crippen MR) is 64.6 cm³/mol. The molecule has 0 aromatic carbocycles. The van der Waals surface area contributed by atoms with E-state index in [0.29, 0.717) is 31.8 Å². The highest BCUT2D eigenvalue weighted by atomic mass is 32.1. The maximum atomic E-state index is 12.8. The average Bonchev–Trinajstić information content (AvgIpc) is 2.70. The van der Waals surface area contributed by atoms with Gasteiger partial charge in [-0.1, -0.05) is 0 Å². The number of fused-ring (bicyclic) bond motifs is 3. The minimum Gasteiger partial charge on any atom is -0.382 e. The van der Waals surface area contributed by atoms with Gasteiger partial charge in [0, 0.05) is 5.39 Å². The first kappa shape index (κ1) is 11.1. The number of thiophene rings is 1. The second-order valence-electron chi connectivity index (χ2n) is 3.73. The third-order valence-corrected chi connectivity index (χ3v) is 3.78. The summed E-state index contributed by atoms with van der Waals surface area (Å²) in [5, 5.41) is 7.94. The minimum atomic E-state index is -2.66. The highest BCUT2D eigenvalue weighted by Crippen LogP contribution is 2.37. The molecule has 8 heteroatoms. The molecule has 0 aliphatic rings. The molecule has 0 atom stereocenters. The van der Waals surface area contributed by atoms with Gasteiger partial charge in [-0.3, -0.25) is 0 Å². The van der Waals surface area contributed by atoms with Gasteiger partial charge in [-0.2, -0.15) is 0 Å². The molecule has 0 saturated carbocycles. The molecule has 18 heavy (non-hydrogen) atoms. The van der Waals surface area contributed by atoms with Crippen molar-refractivity contribution in [1.29, 1.82) is 0 Å². The maximum Gasteiger partial charge on any atom is 0.282 e. The summed E-state index contributed by atoms with van der Waals surface area (Å²) in [4.78, 5) is 8.51. The minimum absolute atomic E-state index is 0.320. The zero-order chi connectivity index (χ0) is 12.9. The Morgan fingerprint density at radius 3 is 2.78 bits per heavy atom. The quantitative estimate of drug-likeness (QED) is 0.732. The van der Waals surface area contributed by atoms with Crippen LogP contribution in [0.2, 0.25) is 0 Å². The molecule has 0 spiro atoms. The van der Waals surface area contributed by atoms with Gasteiger partial charge in [0.2, 0.25) is 0 Å². The smallest absolute Gasteiger partial charge is 0.282 e. The van der Waals surface area contributed by atoms with Gasteiger partial charge in [0.15, 0.2) is 0 Å². The summed E-state index contributed by atoms with van der Waals surface area (Å²) >= 11 is 1.25. The molecule has 0 radical (unpaired) electrons. The Bertz CT molecular complexity index is 755. The number of nitrogens with zero attached hydrogens (tertiary/aromatic N) is 4. The first-order valence-corrected chi connectivity index (χ1v) is 5.85. The zero-order valence-electron chi connectivity index (χ0n) is 9.19. The molecule has 0 saturated heterocycles. The molecule has 0 aliphatic carbocycles. The van der Waals surface area contributed by atoms with Crippen LogP contribution < -0.4 is 5.73 Å². The van der Waals surface area contributed by atoms with Crippen molar-refractivity contribution < 1.29 is 8.78 Å². The van der Waals surface area contributed by atoms with Crippen LogP contribution in [0.15, 0.2) is 6.33 Å². The highest BCUT2D eigenvalue weighted by molar-refractivity contribution is 7.25. The number of alkyl halides is 2. The van der Waals surface area contributed by atoms with Gasteiger partial charge in [-0.05, 0) is 12.5 Å². The van der Waals surface area contributed by atoms with Crippen molar-refractivity contribution in [3.05, 3.63) is 17.6 Å². The molecule has 0 unspecified atom stereocenters. The number of hydrogen-bond acceptors (Lipinski definition) is 6. The summed E-state index contributed by atoms with van der Waals surface area (Å²) in [7, 11) is 0. The van der Waals surface area contributed by atoms with Crippen molar-refractivity contribution in [3.8, 4) is 0 Å². The molecule has 5 nitrogen and oxygen atoms in total. The lowest BCUT2D eigenvalue weighted by Crippen LogP contribution is -1.97. The highest BCUT2D eigenvalue weighted by Gasteiger charge is 2.20. The van der Waals surface area contributed by atoms with E-state index in [1.165, 1.54) is 17.7 Å². The lowest BCUT2D eigenvalue weighted by atomic mass is 10.1. The topological polar surface area (TPSA) is 77.6 Å². The van der Waals surface area contributed by atoms with Crippen LogP contribution in [-0.2, 0) is 0 Å². The number of hydrogen-bond donors (Lipinski definition) is 1. The molecular weight excluding hydrogens is 260 g/mol. The summed E-state index contributed by atoms with van der Waals surface area (Å²) < 4.78 is 26.2. The van der Waals surface area contributed by atoms with E-state index in [2.05, 4.69) is 20.2 Å². The summed E-state index contributed by atoms with van der Waals surface area (Å²) in [5.41, 5.74) is 6.35. The van der Waals surface area contributed by atoms with E-state index in [-0.39, 0.29) is 5.69 Å². The third kappa shape index (κ3) is 1.42. The summed E-state index contributed by atoms with van der Waals surface area (Å²) in [6.45, 7) is 1.59. The summed E-state index contributed by atoms with van der Waals surface area (Å²) in [6.07, 6.45) is -1.35. The zero-order valence-corrected chi connectivity index (χ0v) is 10.0. The van der Waals surface area contributed by atoms with Crippen LogP contribution in [0.3, 0.4) is 0 Å². The molecule has 92 valence electrons. The van der Waals surface area contributed by atoms with Crippen LogP contribution in [0.4, 0.5) is 14.6 Å². The molecule has 3 heterocycles. The standard InChI is InChI=1S/C10H7F2N5S/c1-3-4-6-7(9(13)15-2-14-6)18-10(4)17-16-5(3)8(11)12/h2,8H,1H3,(H2,13,14,15). The fourth-order valence-electron chi connectivity index (χ4n) is 1.83. The fourth-order valence-corrected chi connectivity index (χ4v) is 2.87. The van der Waals surface area contributed by atoms with Crippen molar-refractivity contribution in [2.45, 2.75) is 13.3 Å². The normalized spacial score (nSPS) is 11.8. The Morgan fingerprint density at radius 1 is 1.28 bits per heavy atom. The largest absolute Gasteiger partial charge is 0.382 e. The second-order valence-corrected chi connectivity index (χ2v) is 4.73. The number of rotatable bonds is 1. The van der Waals surface area contributed by atoms with Gasteiger partial charge < -0.3 is 5.73 Å².